The highest BCUT2D eigenvalue weighted by atomic mass is 32.2. The van der Waals surface area contributed by atoms with E-state index in [-0.39, 0.29) is 0 Å². The average molecular weight is 300 g/mol. The van der Waals surface area contributed by atoms with Crippen molar-refractivity contribution in [3.8, 4) is 0 Å². The van der Waals surface area contributed by atoms with Gasteiger partial charge in [0.05, 0.1) is 0 Å². The Hall–Kier alpha value is -0.440. The Morgan fingerprint density at radius 3 is 1.17 bits per heavy atom. The Labute approximate surface area is 115 Å². The van der Waals surface area contributed by atoms with Gasteiger partial charge in [-0.15, -0.1) is 23.5 Å². The van der Waals surface area contributed by atoms with Crippen LogP contribution in [0.4, 0.5) is 0 Å². The third-order valence-electron chi connectivity index (χ3n) is 1.30. The lowest BCUT2D eigenvalue weighted by Crippen LogP contribution is -2.37. The van der Waals surface area contributed by atoms with Gasteiger partial charge in [0.25, 0.3) is 11.9 Å². The topological polar surface area (TPSA) is 115 Å². The van der Waals surface area contributed by atoms with Gasteiger partial charge in [0.2, 0.25) is 0 Å². The molecule has 108 valence electrons. The molecule has 1 heterocycles. The molecule has 1 saturated heterocycles. The van der Waals surface area contributed by atoms with Crippen molar-refractivity contribution in [2.45, 2.75) is 37.6 Å². The molecule has 1 fully saturated rings. The first-order chi connectivity index (χ1) is 7.88. The second-order valence-electron chi connectivity index (χ2n) is 3.97. The number of carbonyl (C=O) groups is 2. The van der Waals surface area contributed by atoms with Crippen LogP contribution in [0.2, 0.25) is 0 Å². The molecule has 4 N–H and O–H groups in total. The predicted octanol–water partition coefficient (Wildman–Crippen LogP) is 1.07. The van der Waals surface area contributed by atoms with Crippen LogP contribution in [-0.4, -0.2) is 53.7 Å². The van der Waals surface area contributed by atoms with Gasteiger partial charge in [-0.3, -0.25) is 9.59 Å². The molecule has 1 rings (SSSR count). The Morgan fingerprint density at radius 2 is 1.06 bits per heavy atom. The lowest BCUT2D eigenvalue weighted by molar-refractivity contribution is -0.135. The highest BCUT2D eigenvalue weighted by molar-refractivity contribution is 8.07. The van der Waals surface area contributed by atoms with E-state index in [9.17, 15) is 10.2 Å². The smallest absolute Gasteiger partial charge is 0.300 e. The van der Waals surface area contributed by atoms with Crippen LogP contribution in [-0.2, 0) is 9.59 Å². The molecule has 0 saturated carbocycles. The van der Waals surface area contributed by atoms with Crippen molar-refractivity contribution in [2.24, 2.45) is 0 Å². The van der Waals surface area contributed by atoms with Crippen molar-refractivity contribution in [2.75, 3.05) is 11.5 Å². The maximum absolute atomic E-state index is 9.44. The molecule has 0 aromatic rings. The number of rotatable bonds is 0. The lowest BCUT2D eigenvalue weighted by atomic mass is 10.4. The van der Waals surface area contributed by atoms with Gasteiger partial charge in [-0.05, 0) is 13.8 Å². The van der Waals surface area contributed by atoms with Gasteiger partial charge >= 0.3 is 0 Å². The fourth-order valence-corrected chi connectivity index (χ4v) is 2.84. The van der Waals surface area contributed by atoms with E-state index in [2.05, 4.69) is 0 Å². The molecule has 6 nitrogen and oxygen atoms in total. The molecule has 1 aliphatic heterocycles. The number of carboxylic acids is 2. The van der Waals surface area contributed by atoms with E-state index in [0.29, 0.717) is 11.5 Å². The molecule has 0 amide bonds. The van der Waals surface area contributed by atoms with Crippen LogP contribution in [0.5, 0.6) is 0 Å². The molecule has 2 atom stereocenters. The quantitative estimate of drug-likeness (QED) is 0.525. The maximum Gasteiger partial charge on any atom is 0.300 e. The van der Waals surface area contributed by atoms with Gasteiger partial charge in [-0.2, -0.15) is 0 Å². The average Bonchev–Trinajstić information content (AvgIpc) is 2.09. The van der Waals surface area contributed by atoms with Crippen molar-refractivity contribution in [1.82, 2.24) is 0 Å². The number of carboxylic acid groups (broad SMARTS) is 2. The van der Waals surface area contributed by atoms with Crippen LogP contribution in [0.25, 0.3) is 0 Å². The molecule has 1 aliphatic rings. The summed E-state index contributed by atoms with van der Waals surface area (Å²) in [5.41, 5.74) is 0. The normalized spacial score (nSPS) is 30.1. The highest BCUT2D eigenvalue weighted by Gasteiger charge is 2.35. The van der Waals surface area contributed by atoms with Crippen molar-refractivity contribution in [1.29, 1.82) is 0 Å². The Kier molecular flexibility index (Phi) is 9.53. The van der Waals surface area contributed by atoms with Crippen LogP contribution in [0.3, 0.4) is 0 Å². The maximum atomic E-state index is 9.44. The van der Waals surface area contributed by atoms with Gasteiger partial charge < -0.3 is 20.4 Å². The number of aliphatic carboxylic acids is 2. The van der Waals surface area contributed by atoms with Gasteiger partial charge in [0.1, 0.15) is 9.87 Å². The molecule has 0 aliphatic carbocycles. The zero-order valence-electron chi connectivity index (χ0n) is 10.8. The third-order valence-corrected chi connectivity index (χ3v) is 4.61. The predicted molar refractivity (Wildman–Crippen MR) is 72.8 cm³/mol. The summed E-state index contributed by atoms with van der Waals surface area (Å²) >= 11 is 2.82. The standard InChI is InChI=1S/C6H12O2S2.2C2H4O2/c1-5(7)3-10-6(2,8)4-9-5;2*1-2(3)4/h7-8H,3-4H2,1-2H3;2*1H3,(H,3,4). The zero-order valence-corrected chi connectivity index (χ0v) is 12.5. The van der Waals surface area contributed by atoms with Crippen molar-refractivity contribution >= 4 is 35.5 Å². The SMILES string of the molecule is CC(=O)O.CC(=O)O.CC1(O)CSC(C)(O)CS1. The number of hydrogen-bond donors (Lipinski definition) is 4. The largest absolute Gasteiger partial charge is 0.481 e. The first-order valence-electron chi connectivity index (χ1n) is 5.00. The van der Waals surface area contributed by atoms with Gasteiger partial charge in [-0.25, -0.2) is 0 Å². The van der Waals surface area contributed by atoms with Crippen molar-refractivity contribution in [3.05, 3.63) is 0 Å². The summed E-state index contributed by atoms with van der Waals surface area (Å²) in [6.45, 7) is 5.72. The monoisotopic (exact) mass is 300 g/mol. The molecule has 18 heavy (non-hydrogen) atoms. The van der Waals surface area contributed by atoms with E-state index in [4.69, 9.17) is 19.8 Å². The molecule has 2 unspecified atom stereocenters. The van der Waals surface area contributed by atoms with Crippen molar-refractivity contribution in [3.63, 3.8) is 0 Å². The lowest BCUT2D eigenvalue weighted by Gasteiger charge is -2.35. The molecule has 0 spiro atoms. The second-order valence-corrected chi connectivity index (χ2v) is 6.88. The summed E-state index contributed by atoms with van der Waals surface area (Å²) in [6, 6.07) is 0. The molecular weight excluding hydrogens is 280 g/mol. The van der Waals surface area contributed by atoms with E-state index < -0.39 is 21.8 Å². The van der Waals surface area contributed by atoms with E-state index in [1.807, 2.05) is 0 Å². The van der Waals surface area contributed by atoms with E-state index in [1.54, 1.807) is 13.8 Å². The highest BCUT2D eigenvalue weighted by Crippen LogP contribution is 2.40. The summed E-state index contributed by atoms with van der Waals surface area (Å²) in [6.07, 6.45) is 0. The van der Waals surface area contributed by atoms with Gasteiger partial charge in [0, 0.05) is 25.4 Å². The minimum Gasteiger partial charge on any atom is -0.481 e. The van der Waals surface area contributed by atoms with E-state index in [0.717, 1.165) is 13.8 Å². The number of hydrogen-bond acceptors (Lipinski definition) is 6. The Morgan fingerprint density at radius 1 is 0.889 bits per heavy atom. The molecular formula is C10H20O6S2. The first-order valence-corrected chi connectivity index (χ1v) is 6.97. The number of thioether (sulfide) groups is 2. The van der Waals surface area contributed by atoms with Crippen LogP contribution in [0.15, 0.2) is 0 Å². The summed E-state index contributed by atoms with van der Waals surface area (Å²) in [5.74, 6) is -0.463. The molecule has 8 heteroatoms. The Bertz CT molecular complexity index is 230. The summed E-state index contributed by atoms with van der Waals surface area (Å²) in [4.78, 5) is 16.7. The fraction of sp³-hybridized carbons (Fsp3) is 0.800. The van der Waals surface area contributed by atoms with Crippen LogP contribution < -0.4 is 0 Å². The van der Waals surface area contributed by atoms with Gasteiger partial charge in [0.15, 0.2) is 0 Å². The third kappa shape index (κ3) is 17.9. The molecule has 0 aromatic carbocycles. The van der Waals surface area contributed by atoms with E-state index in [1.165, 1.54) is 23.5 Å². The number of aliphatic hydroxyl groups is 2. The Balaban J connectivity index is 0. The molecule has 0 aromatic heterocycles. The minimum absolute atomic E-state index is 0.602. The van der Waals surface area contributed by atoms with Crippen LogP contribution in [0.1, 0.15) is 27.7 Å². The van der Waals surface area contributed by atoms with Gasteiger partial charge in [-0.1, -0.05) is 0 Å². The molecule has 0 radical (unpaired) electrons. The first kappa shape index (κ1) is 19.9. The summed E-state index contributed by atoms with van der Waals surface area (Å²) in [7, 11) is 0. The van der Waals surface area contributed by atoms with Crippen molar-refractivity contribution < 1.29 is 30.0 Å². The second kappa shape index (κ2) is 8.63. The van der Waals surface area contributed by atoms with E-state index >= 15 is 0 Å². The molecule has 0 bridgehead atoms. The van der Waals surface area contributed by atoms with Crippen LogP contribution >= 0.6 is 23.5 Å². The zero-order chi connectivity index (χ0) is 15.0. The summed E-state index contributed by atoms with van der Waals surface area (Å²) < 4.78 is 0. The van der Waals surface area contributed by atoms with Crippen LogP contribution in [0, 0.1) is 0 Å². The summed E-state index contributed by atoms with van der Waals surface area (Å²) in [5, 5.41) is 33.7. The minimum atomic E-state index is -0.833. The fourth-order valence-electron chi connectivity index (χ4n) is 0.662.